The molecule has 0 radical (unpaired) electrons. The summed E-state index contributed by atoms with van der Waals surface area (Å²) >= 11 is 0. The van der Waals surface area contributed by atoms with Gasteiger partial charge in [-0.25, -0.2) is 12.8 Å². The van der Waals surface area contributed by atoms with Gasteiger partial charge in [0.1, 0.15) is 11.6 Å². The molecule has 1 heterocycles. The third-order valence-corrected chi connectivity index (χ3v) is 7.20. The van der Waals surface area contributed by atoms with Gasteiger partial charge in [-0.05, 0) is 61.4 Å². The Balaban J connectivity index is 1.47. The first-order valence-electron chi connectivity index (χ1n) is 10.3. The van der Waals surface area contributed by atoms with E-state index >= 15 is 0 Å². The Morgan fingerprint density at radius 1 is 0.969 bits per heavy atom. The van der Waals surface area contributed by atoms with E-state index in [1.54, 1.807) is 18.2 Å². The third-order valence-electron chi connectivity index (χ3n) is 5.32. The van der Waals surface area contributed by atoms with Crippen molar-refractivity contribution in [2.75, 3.05) is 18.4 Å². The number of nitrogens with one attached hydrogen (secondary N) is 1. The molecule has 1 aliphatic heterocycles. The summed E-state index contributed by atoms with van der Waals surface area (Å²) in [6, 6.07) is 21.0. The standard InChI is InChI=1S/C24H23FN2O4S/c25-19-12-14-21(15-13-19)32(29,30)27-16-6-7-18(17-27)24(28)26-22-10-4-5-11-23(22)31-20-8-2-1-3-9-20/h1-5,8-15,18H,6-7,16-17H2,(H,26,28). The summed E-state index contributed by atoms with van der Waals surface area (Å²) in [4.78, 5) is 13.0. The van der Waals surface area contributed by atoms with Crippen LogP contribution in [0.3, 0.4) is 0 Å². The molecule has 1 fully saturated rings. The summed E-state index contributed by atoms with van der Waals surface area (Å²) in [6.07, 6.45) is 1.13. The Kier molecular flexibility index (Phi) is 6.53. The van der Waals surface area contributed by atoms with Crippen molar-refractivity contribution >= 4 is 21.6 Å². The maximum Gasteiger partial charge on any atom is 0.243 e. The van der Waals surface area contributed by atoms with Crippen molar-refractivity contribution in [3.63, 3.8) is 0 Å². The van der Waals surface area contributed by atoms with E-state index in [2.05, 4.69) is 5.32 Å². The van der Waals surface area contributed by atoms with Crippen molar-refractivity contribution in [1.82, 2.24) is 4.31 Å². The lowest BCUT2D eigenvalue weighted by Gasteiger charge is -2.31. The minimum absolute atomic E-state index is 0.0153. The van der Waals surface area contributed by atoms with Gasteiger partial charge < -0.3 is 10.1 Å². The number of ether oxygens (including phenoxy) is 1. The number of nitrogens with zero attached hydrogens (tertiary/aromatic N) is 1. The van der Waals surface area contributed by atoms with E-state index in [1.165, 1.54) is 16.4 Å². The minimum atomic E-state index is -3.80. The second-order valence-electron chi connectivity index (χ2n) is 7.56. The molecule has 32 heavy (non-hydrogen) atoms. The number of benzene rings is 3. The Morgan fingerprint density at radius 2 is 1.66 bits per heavy atom. The summed E-state index contributed by atoms with van der Waals surface area (Å²) in [5, 5.41) is 2.88. The second kappa shape index (κ2) is 9.50. The number of hydrogen-bond donors (Lipinski definition) is 1. The van der Waals surface area contributed by atoms with Crippen LogP contribution in [0.4, 0.5) is 10.1 Å². The lowest BCUT2D eigenvalue weighted by atomic mass is 9.98. The first-order valence-corrected chi connectivity index (χ1v) is 11.8. The molecule has 6 nitrogen and oxygen atoms in total. The number of hydrogen-bond acceptors (Lipinski definition) is 4. The maximum absolute atomic E-state index is 13.2. The van der Waals surface area contributed by atoms with Crippen LogP contribution in [0.2, 0.25) is 0 Å². The number of para-hydroxylation sites is 3. The Hall–Kier alpha value is -3.23. The summed E-state index contributed by atoms with van der Waals surface area (Å²) < 4.78 is 46.2. The van der Waals surface area contributed by atoms with Crippen molar-refractivity contribution in [1.29, 1.82) is 0 Å². The zero-order valence-electron chi connectivity index (χ0n) is 17.3. The molecule has 1 unspecified atom stereocenters. The van der Waals surface area contributed by atoms with Crippen LogP contribution in [0.5, 0.6) is 11.5 Å². The molecule has 4 rings (SSSR count). The average Bonchev–Trinajstić information content (AvgIpc) is 2.81. The molecule has 1 N–H and O–H groups in total. The Morgan fingerprint density at radius 3 is 2.41 bits per heavy atom. The second-order valence-corrected chi connectivity index (χ2v) is 9.49. The van der Waals surface area contributed by atoms with E-state index in [-0.39, 0.29) is 17.3 Å². The van der Waals surface area contributed by atoms with Gasteiger partial charge in [-0.3, -0.25) is 4.79 Å². The number of piperidine rings is 1. The fraction of sp³-hybridized carbons (Fsp3) is 0.208. The number of rotatable bonds is 6. The van der Waals surface area contributed by atoms with E-state index in [4.69, 9.17) is 4.74 Å². The maximum atomic E-state index is 13.2. The SMILES string of the molecule is O=C(Nc1ccccc1Oc1ccccc1)C1CCCN(S(=O)(=O)c2ccc(F)cc2)C1. The van der Waals surface area contributed by atoms with Crippen LogP contribution in [0, 0.1) is 11.7 Å². The molecular weight excluding hydrogens is 431 g/mol. The van der Waals surface area contributed by atoms with Gasteiger partial charge in [-0.2, -0.15) is 4.31 Å². The van der Waals surface area contributed by atoms with Crippen molar-refractivity contribution in [2.24, 2.45) is 5.92 Å². The van der Waals surface area contributed by atoms with E-state index in [0.717, 1.165) is 12.1 Å². The van der Waals surface area contributed by atoms with Crippen molar-refractivity contribution in [2.45, 2.75) is 17.7 Å². The van der Waals surface area contributed by atoms with E-state index in [0.29, 0.717) is 36.6 Å². The number of sulfonamides is 1. The average molecular weight is 455 g/mol. The van der Waals surface area contributed by atoms with Gasteiger partial charge in [0.25, 0.3) is 0 Å². The van der Waals surface area contributed by atoms with Gasteiger partial charge in [-0.15, -0.1) is 0 Å². The number of halogens is 1. The normalized spacial score (nSPS) is 17.0. The molecule has 0 spiro atoms. The zero-order valence-corrected chi connectivity index (χ0v) is 18.1. The third kappa shape index (κ3) is 4.98. The molecule has 3 aromatic rings. The van der Waals surface area contributed by atoms with Gasteiger partial charge in [-0.1, -0.05) is 30.3 Å². The Labute approximate surface area is 186 Å². The quantitative estimate of drug-likeness (QED) is 0.588. The number of anilines is 1. The summed E-state index contributed by atoms with van der Waals surface area (Å²) in [7, 11) is -3.80. The summed E-state index contributed by atoms with van der Waals surface area (Å²) in [5.74, 6) is -0.143. The zero-order chi connectivity index (χ0) is 22.6. The molecule has 166 valence electrons. The van der Waals surface area contributed by atoms with Crippen molar-refractivity contribution in [3.05, 3.63) is 84.7 Å². The molecule has 8 heteroatoms. The fourth-order valence-corrected chi connectivity index (χ4v) is 5.16. The molecule has 0 saturated carbocycles. The molecule has 3 aromatic carbocycles. The highest BCUT2D eigenvalue weighted by Gasteiger charge is 2.33. The van der Waals surface area contributed by atoms with Crippen LogP contribution >= 0.6 is 0 Å². The van der Waals surface area contributed by atoms with Gasteiger partial charge in [0.2, 0.25) is 15.9 Å². The van der Waals surface area contributed by atoms with Gasteiger partial charge in [0.15, 0.2) is 5.75 Å². The molecule has 0 aliphatic carbocycles. The molecule has 1 amide bonds. The first kappa shape index (κ1) is 22.0. The van der Waals surface area contributed by atoms with Crippen LogP contribution in [0.15, 0.2) is 83.8 Å². The summed E-state index contributed by atoms with van der Waals surface area (Å²) in [5.41, 5.74) is 0.514. The van der Waals surface area contributed by atoms with Crippen LogP contribution < -0.4 is 10.1 Å². The molecule has 0 aromatic heterocycles. The number of carbonyl (C=O) groups excluding carboxylic acids is 1. The van der Waals surface area contributed by atoms with Crippen molar-refractivity contribution in [3.8, 4) is 11.5 Å². The monoisotopic (exact) mass is 454 g/mol. The van der Waals surface area contributed by atoms with Crippen LogP contribution in [0.1, 0.15) is 12.8 Å². The number of amides is 1. The molecular formula is C24H23FN2O4S. The summed E-state index contributed by atoms with van der Waals surface area (Å²) in [6.45, 7) is 0.379. The molecule has 0 bridgehead atoms. The lowest BCUT2D eigenvalue weighted by molar-refractivity contribution is -0.120. The highest BCUT2D eigenvalue weighted by atomic mass is 32.2. The highest BCUT2D eigenvalue weighted by Crippen LogP contribution is 2.31. The molecule has 1 atom stereocenters. The first-order chi connectivity index (χ1) is 15.4. The number of carbonyl (C=O) groups is 1. The predicted octanol–water partition coefficient (Wildman–Crippen LogP) is 4.66. The van der Waals surface area contributed by atoms with Crippen LogP contribution in [0.25, 0.3) is 0 Å². The Bertz CT molecular complexity index is 1180. The largest absolute Gasteiger partial charge is 0.455 e. The highest BCUT2D eigenvalue weighted by molar-refractivity contribution is 7.89. The van der Waals surface area contributed by atoms with Crippen molar-refractivity contribution < 1.29 is 22.3 Å². The minimum Gasteiger partial charge on any atom is -0.455 e. The van der Waals surface area contributed by atoms with Gasteiger partial charge in [0.05, 0.1) is 16.5 Å². The lowest BCUT2D eigenvalue weighted by Crippen LogP contribution is -2.43. The van der Waals surface area contributed by atoms with Crippen LogP contribution in [-0.4, -0.2) is 31.7 Å². The van der Waals surface area contributed by atoms with Crippen LogP contribution in [-0.2, 0) is 14.8 Å². The van der Waals surface area contributed by atoms with Gasteiger partial charge in [0, 0.05) is 13.1 Å². The van der Waals surface area contributed by atoms with E-state index in [1.807, 2.05) is 36.4 Å². The van der Waals surface area contributed by atoms with Gasteiger partial charge >= 0.3 is 0 Å². The van der Waals surface area contributed by atoms with E-state index < -0.39 is 21.8 Å². The topological polar surface area (TPSA) is 75.7 Å². The van der Waals surface area contributed by atoms with E-state index in [9.17, 15) is 17.6 Å². The fourth-order valence-electron chi connectivity index (χ4n) is 3.64. The predicted molar refractivity (Wildman–Crippen MR) is 119 cm³/mol. The molecule has 1 aliphatic rings. The smallest absolute Gasteiger partial charge is 0.243 e. The molecule has 1 saturated heterocycles.